The zero-order valence-corrected chi connectivity index (χ0v) is 18.3. The van der Waals surface area contributed by atoms with Crippen LogP contribution in [0, 0.1) is 0 Å². The van der Waals surface area contributed by atoms with Gasteiger partial charge in [0.25, 0.3) is 0 Å². The summed E-state index contributed by atoms with van der Waals surface area (Å²) in [4.78, 5) is 31.7. The van der Waals surface area contributed by atoms with Crippen LogP contribution in [-0.4, -0.2) is 54.3 Å². The summed E-state index contributed by atoms with van der Waals surface area (Å²) in [6.07, 6.45) is 3.92. The van der Waals surface area contributed by atoms with Crippen molar-refractivity contribution in [2.24, 2.45) is 0 Å². The molecule has 0 radical (unpaired) electrons. The number of nitrogens with one attached hydrogen (secondary N) is 1. The topological polar surface area (TPSA) is 55.9 Å². The smallest absolute Gasteiger partial charge is 0.226 e. The van der Waals surface area contributed by atoms with Crippen molar-refractivity contribution in [3.05, 3.63) is 65.9 Å². The van der Waals surface area contributed by atoms with E-state index in [1.54, 1.807) is 11.1 Å². The number of fused-ring (bicyclic) bond motifs is 1. The third-order valence-electron chi connectivity index (χ3n) is 6.19. The van der Waals surface area contributed by atoms with Crippen LogP contribution < -0.4 is 10.2 Å². The van der Waals surface area contributed by atoms with E-state index in [0.29, 0.717) is 0 Å². The van der Waals surface area contributed by atoms with Gasteiger partial charge in [0.15, 0.2) is 0 Å². The number of hydrogen-bond acceptors (Lipinski definition) is 4. The van der Waals surface area contributed by atoms with Gasteiger partial charge in [-0.05, 0) is 35.9 Å². The Morgan fingerprint density at radius 3 is 2.45 bits per heavy atom. The molecule has 2 aliphatic rings. The molecule has 0 saturated carbocycles. The lowest BCUT2D eigenvalue weighted by Gasteiger charge is -2.36. The number of benzene rings is 2. The van der Waals surface area contributed by atoms with Gasteiger partial charge in [-0.3, -0.25) is 9.59 Å². The molecule has 162 valence electrons. The van der Waals surface area contributed by atoms with Crippen LogP contribution in [0.3, 0.4) is 0 Å². The summed E-state index contributed by atoms with van der Waals surface area (Å²) in [7, 11) is 0. The summed E-state index contributed by atoms with van der Waals surface area (Å²) in [5.74, 6) is -0.168. The van der Waals surface area contributed by atoms with Gasteiger partial charge in [-0.25, -0.2) is 0 Å². The van der Waals surface area contributed by atoms with E-state index in [9.17, 15) is 9.59 Å². The molecule has 2 aromatic carbocycles. The van der Waals surface area contributed by atoms with E-state index < -0.39 is 0 Å². The van der Waals surface area contributed by atoms with Crippen molar-refractivity contribution in [1.29, 1.82) is 0 Å². The van der Waals surface area contributed by atoms with Crippen LogP contribution in [-0.2, 0) is 9.59 Å². The van der Waals surface area contributed by atoms with Crippen molar-refractivity contribution >= 4 is 29.3 Å². The number of amides is 2. The van der Waals surface area contributed by atoms with Gasteiger partial charge in [0.1, 0.15) is 0 Å². The number of para-hydroxylation sites is 2. The van der Waals surface area contributed by atoms with Crippen molar-refractivity contribution in [3.63, 3.8) is 0 Å². The first-order chi connectivity index (χ1) is 15.1. The number of nitrogens with zero attached hydrogens (tertiary/aromatic N) is 3. The van der Waals surface area contributed by atoms with Gasteiger partial charge in [-0.1, -0.05) is 43.3 Å². The van der Waals surface area contributed by atoms with Crippen LogP contribution >= 0.6 is 0 Å². The Kier molecular flexibility index (Phi) is 6.37. The molecule has 1 atom stereocenters. The summed E-state index contributed by atoms with van der Waals surface area (Å²) in [6, 6.07) is 15.6. The van der Waals surface area contributed by atoms with Crippen molar-refractivity contribution in [1.82, 2.24) is 9.80 Å². The maximum Gasteiger partial charge on any atom is 0.226 e. The number of likely N-dealkylation sites (N-methyl/N-ethyl adjacent to an activating group) is 1. The summed E-state index contributed by atoms with van der Waals surface area (Å²) < 4.78 is 0. The zero-order chi connectivity index (χ0) is 21.8. The molecule has 2 aliphatic heterocycles. The van der Waals surface area contributed by atoms with Gasteiger partial charge in [0.05, 0.1) is 23.8 Å². The minimum absolute atomic E-state index is 0.0715. The van der Waals surface area contributed by atoms with E-state index >= 15 is 0 Å². The van der Waals surface area contributed by atoms with E-state index in [-0.39, 0.29) is 24.3 Å². The Morgan fingerprint density at radius 1 is 1.00 bits per heavy atom. The predicted molar refractivity (Wildman–Crippen MR) is 125 cm³/mol. The molecule has 6 heteroatoms. The van der Waals surface area contributed by atoms with Crippen LogP contribution in [0.4, 0.5) is 11.4 Å². The third kappa shape index (κ3) is 4.64. The molecule has 2 amide bonds. The summed E-state index contributed by atoms with van der Waals surface area (Å²) in [5.41, 5.74) is 3.93. The Hall–Kier alpha value is -3.12. The molecule has 0 bridgehead atoms. The molecular weight excluding hydrogens is 388 g/mol. The van der Waals surface area contributed by atoms with E-state index in [1.165, 1.54) is 6.92 Å². The van der Waals surface area contributed by atoms with Gasteiger partial charge in [0, 0.05) is 39.3 Å². The number of anilines is 2. The van der Waals surface area contributed by atoms with Crippen molar-refractivity contribution in [3.8, 4) is 0 Å². The van der Waals surface area contributed by atoms with Crippen molar-refractivity contribution in [2.45, 2.75) is 26.3 Å². The van der Waals surface area contributed by atoms with Gasteiger partial charge in [-0.2, -0.15) is 0 Å². The second kappa shape index (κ2) is 9.35. The Labute approximate surface area is 184 Å². The lowest BCUT2D eigenvalue weighted by Crippen LogP contribution is -2.46. The third-order valence-corrected chi connectivity index (χ3v) is 6.19. The van der Waals surface area contributed by atoms with E-state index in [2.05, 4.69) is 28.1 Å². The Bertz CT molecular complexity index is 979. The first-order valence-electron chi connectivity index (χ1n) is 11.0. The zero-order valence-electron chi connectivity index (χ0n) is 18.3. The molecule has 1 fully saturated rings. The lowest BCUT2D eigenvalue weighted by molar-refractivity contribution is -0.129. The maximum absolute atomic E-state index is 13.1. The lowest BCUT2D eigenvalue weighted by atomic mass is 9.93. The molecule has 0 unspecified atom stereocenters. The fourth-order valence-corrected chi connectivity index (χ4v) is 4.45. The van der Waals surface area contributed by atoms with Crippen LogP contribution in [0.5, 0.6) is 0 Å². The highest BCUT2D eigenvalue weighted by Crippen LogP contribution is 2.34. The Morgan fingerprint density at radius 2 is 1.71 bits per heavy atom. The van der Waals surface area contributed by atoms with Crippen LogP contribution in [0.25, 0.3) is 6.08 Å². The molecule has 0 aliphatic carbocycles. The summed E-state index contributed by atoms with van der Waals surface area (Å²) in [5, 5.41) is 3.11. The van der Waals surface area contributed by atoms with Crippen LogP contribution in [0.15, 0.2) is 54.7 Å². The Balaban J connectivity index is 1.50. The van der Waals surface area contributed by atoms with E-state index in [4.69, 9.17) is 0 Å². The molecule has 4 rings (SSSR count). The maximum atomic E-state index is 13.1. The van der Waals surface area contributed by atoms with Gasteiger partial charge in [-0.15, -0.1) is 0 Å². The van der Waals surface area contributed by atoms with Crippen molar-refractivity contribution in [2.75, 3.05) is 42.9 Å². The van der Waals surface area contributed by atoms with Crippen LogP contribution in [0.1, 0.15) is 37.4 Å². The van der Waals surface area contributed by atoms with Crippen molar-refractivity contribution < 1.29 is 9.59 Å². The van der Waals surface area contributed by atoms with Crippen LogP contribution in [0.2, 0.25) is 0 Å². The molecule has 0 aromatic heterocycles. The number of rotatable bonds is 5. The normalized spacial score (nSPS) is 18.6. The fraction of sp³-hybridized carbons (Fsp3) is 0.360. The quantitative estimate of drug-likeness (QED) is 0.804. The molecule has 1 N–H and O–H groups in total. The number of carbonyl (C=O) groups is 2. The molecular formula is C25H30N4O2. The second-order valence-electron chi connectivity index (χ2n) is 8.08. The second-order valence-corrected chi connectivity index (χ2v) is 8.08. The SMILES string of the molecule is CCN1CCN(c2ccccc2NC(=O)C[C@H]2c3ccccc3C=CN2C(C)=O)CC1. The highest BCUT2D eigenvalue weighted by molar-refractivity contribution is 5.95. The molecule has 2 heterocycles. The summed E-state index contributed by atoms with van der Waals surface area (Å²) in [6.45, 7) is 8.73. The highest BCUT2D eigenvalue weighted by Gasteiger charge is 2.28. The number of piperazine rings is 1. The fourth-order valence-electron chi connectivity index (χ4n) is 4.45. The highest BCUT2D eigenvalue weighted by atomic mass is 16.2. The van der Waals surface area contributed by atoms with Gasteiger partial charge in [0.2, 0.25) is 11.8 Å². The molecule has 6 nitrogen and oxygen atoms in total. The molecule has 0 spiro atoms. The number of carbonyl (C=O) groups excluding carboxylic acids is 2. The van der Waals surface area contributed by atoms with Gasteiger partial charge < -0.3 is 20.0 Å². The molecule has 31 heavy (non-hydrogen) atoms. The van der Waals surface area contributed by atoms with Gasteiger partial charge >= 0.3 is 0 Å². The average Bonchev–Trinajstić information content (AvgIpc) is 2.79. The van der Waals surface area contributed by atoms with E-state index in [0.717, 1.165) is 55.2 Å². The average molecular weight is 419 g/mol. The molecule has 2 aromatic rings. The minimum atomic E-state index is -0.307. The van der Waals surface area contributed by atoms with E-state index in [1.807, 2.05) is 48.5 Å². The monoisotopic (exact) mass is 418 g/mol. The first kappa shape index (κ1) is 21.1. The summed E-state index contributed by atoms with van der Waals surface area (Å²) >= 11 is 0. The predicted octanol–water partition coefficient (Wildman–Crippen LogP) is 3.73. The first-order valence-corrected chi connectivity index (χ1v) is 11.0. The largest absolute Gasteiger partial charge is 0.367 e. The molecule has 1 saturated heterocycles. The standard InChI is InChI=1S/C25H30N4O2/c1-3-27-14-16-28(17-15-27)23-11-7-6-10-22(23)26-25(31)18-24-21-9-5-4-8-20(21)12-13-29(24)19(2)30/h4-13,24H,3,14-18H2,1-2H3,(H,26,31)/t24-/m0/s1. The number of hydrogen-bond donors (Lipinski definition) is 1. The minimum Gasteiger partial charge on any atom is -0.367 e.